The van der Waals surface area contributed by atoms with Crippen LogP contribution in [0, 0.1) is 11.8 Å². The van der Waals surface area contributed by atoms with E-state index >= 15 is 0 Å². The zero-order chi connectivity index (χ0) is 21.2. The molecule has 7 heteroatoms. The maximum absolute atomic E-state index is 12.9. The van der Waals surface area contributed by atoms with E-state index in [-0.39, 0.29) is 23.7 Å². The molecule has 0 aliphatic heterocycles. The van der Waals surface area contributed by atoms with Gasteiger partial charge in [0.05, 0.1) is 0 Å². The van der Waals surface area contributed by atoms with Crippen LogP contribution in [0.25, 0.3) is 10.6 Å². The Morgan fingerprint density at radius 1 is 1.03 bits per heavy atom. The van der Waals surface area contributed by atoms with Crippen LogP contribution in [0.1, 0.15) is 59.8 Å². The second-order valence-corrected chi connectivity index (χ2v) is 8.36. The summed E-state index contributed by atoms with van der Waals surface area (Å²) in [6.07, 6.45) is 4.48. The summed E-state index contributed by atoms with van der Waals surface area (Å²) in [5, 5.41) is 15.3. The van der Waals surface area contributed by atoms with Crippen LogP contribution in [-0.2, 0) is 9.59 Å². The van der Waals surface area contributed by atoms with Crippen LogP contribution in [0.2, 0.25) is 0 Å². The Morgan fingerprint density at radius 3 is 2.38 bits per heavy atom. The standard InChI is InChI=1S/C22H32N4O2S/c1-5-8-12-16(7-3)19(27)23-18(15(4)6-2)20(28)24-22-26-25-21(29-22)17-13-10-9-11-14-17/h9-11,13-16,18H,5-8,12H2,1-4H3,(H,23,27)(H,24,26,28)/t15-,16-,18-/m0/s1. The minimum Gasteiger partial charge on any atom is -0.344 e. The number of unbranched alkanes of at least 4 members (excludes halogenated alkanes) is 1. The number of anilines is 1. The molecular formula is C22H32N4O2S. The van der Waals surface area contributed by atoms with Gasteiger partial charge in [0.2, 0.25) is 16.9 Å². The van der Waals surface area contributed by atoms with E-state index < -0.39 is 6.04 Å². The summed E-state index contributed by atoms with van der Waals surface area (Å²) in [6, 6.07) is 9.13. The maximum Gasteiger partial charge on any atom is 0.249 e. The Kier molecular flexibility index (Phi) is 9.25. The van der Waals surface area contributed by atoms with E-state index in [2.05, 4.69) is 27.8 Å². The lowest BCUT2D eigenvalue weighted by Crippen LogP contribution is -2.49. The van der Waals surface area contributed by atoms with Gasteiger partial charge in [-0.1, -0.05) is 88.6 Å². The highest BCUT2D eigenvalue weighted by molar-refractivity contribution is 7.18. The van der Waals surface area contributed by atoms with E-state index in [4.69, 9.17) is 0 Å². The van der Waals surface area contributed by atoms with E-state index in [9.17, 15) is 9.59 Å². The molecule has 0 aliphatic rings. The van der Waals surface area contributed by atoms with Crippen LogP contribution < -0.4 is 10.6 Å². The molecule has 1 aromatic heterocycles. The molecule has 6 nitrogen and oxygen atoms in total. The largest absolute Gasteiger partial charge is 0.344 e. The summed E-state index contributed by atoms with van der Waals surface area (Å²) in [5.41, 5.74) is 0.957. The minimum absolute atomic E-state index is 0.0177. The van der Waals surface area contributed by atoms with Gasteiger partial charge in [-0.15, -0.1) is 10.2 Å². The average Bonchev–Trinajstić information content (AvgIpc) is 3.21. The average molecular weight is 417 g/mol. The Labute approximate surface area is 177 Å². The summed E-state index contributed by atoms with van der Waals surface area (Å²) >= 11 is 1.32. The molecule has 0 fully saturated rings. The highest BCUT2D eigenvalue weighted by Crippen LogP contribution is 2.26. The fourth-order valence-corrected chi connectivity index (χ4v) is 3.85. The first-order valence-electron chi connectivity index (χ1n) is 10.5. The predicted molar refractivity (Wildman–Crippen MR) is 119 cm³/mol. The molecule has 0 unspecified atom stereocenters. The Balaban J connectivity index is 2.07. The van der Waals surface area contributed by atoms with Gasteiger partial charge in [-0.05, 0) is 18.8 Å². The van der Waals surface area contributed by atoms with Gasteiger partial charge in [-0.2, -0.15) is 0 Å². The SMILES string of the molecule is CCCC[C@H](CC)C(=O)N[C@H](C(=O)Nc1nnc(-c2ccccc2)s1)[C@@H](C)CC. The number of nitrogens with zero attached hydrogens (tertiary/aromatic N) is 2. The van der Waals surface area contributed by atoms with E-state index in [1.807, 2.05) is 51.1 Å². The van der Waals surface area contributed by atoms with Crippen molar-refractivity contribution >= 4 is 28.3 Å². The summed E-state index contributed by atoms with van der Waals surface area (Å²) in [6.45, 7) is 8.13. The molecule has 0 saturated carbocycles. The number of nitrogens with one attached hydrogen (secondary N) is 2. The highest BCUT2D eigenvalue weighted by Gasteiger charge is 2.29. The number of rotatable bonds is 11. The van der Waals surface area contributed by atoms with E-state index in [0.29, 0.717) is 5.13 Å². The quantitative estimate of drug-likeness (QED) is 0.546. The van der Waals surface area contributed by atoms with Crippen LogP contribution in [0.3, 0.4) is 0 Å². The van der Waals surface area contributed by atoms with Crippen LogP contribution in [0.4, 0.5) is 5.13 Å². The smallest absolute Gasteiger partial charge is 0.249 e. The predicted octanol–water partition coefficient (Wildman–Crippen LogP) is 4.89. The monoisotopic (exact) mass is 416 g/mol. The van der Waals surface area contributed by atoms with Gasteiger partial charge in [0, 0.05) is 11.5 Å². The normalized spacial score (nSPS) is 14.1. The maximum atomic E-state index is 12.9. The molecule has 2 amide bonds. The molecule has 158 valence electrons. The van der Waals surface area contributed by atoms with Crippen LogP contribution >= 0.6 is 11.3 Å². The van der Waals surface area contributed by atoms with Gasteiger partial charge in [0.25, 0.3) is 0 Å². The van der Waals surface area contributed by atoms with Crippen molar-refractivity contribution < 1.29 is 9.59 Å². The van der Waals surface area contributed by atoms with Crippen molar-refractivity contribution in [3.63, 3.8) is 0 Å². The molecule has 1 heterocycles. The second-order valence-electron chi connectivity index (χ2n) is 7.39. The highest BCUT2D eigenvalue weighted by atomic mass is 32.1. The number of amides is 2. The Hall–Kier alpha value is -2.28. The third-order valence-electron chi connectivity index (χ3n) is 5.24. The lowest BCUT2D eigenvalue weighted by Gasteiger charge is -2.25. The molecule has 2 rings (SSSR count). The van der Waals surface area contributed by atoms with Gasteiger partial charge in [0.1, 0.15) is 11.0 Å². The minimum atomic E-state index is -0.591. The molecule has 2 aromatic rings. The summed E-state index contributed by atoms with van der Waals surface area (Å²) in [4.78, 5) is 25.7. The van der Waals surface area contributed by atoms with Crippen LogP contribution in [-0.4, -0.2) is 28.1 Å². The van der Waals surface area contributed by atoms with Crippen LogP contribution in [0.5, 0.6) is 0 Å². The third-order valence-corrected chi connectivity index (χ3v) is 6.13. The first-order chi connectivity index (χ1) is 14.0. The number of aromatic nitrogens is 2. The number of hydrogen-bond acceptors (Lipinski definition) is 5. The summed E-state index contributed by atoms with van der Waals surface area (Å²) in [5.74, 6) is -0.317. The first kappa shape index (κ1) is 23.0. The number of benzene rings is 1. The second kappa shape index (κ2) is 11.7. The molecule has 0 saturated heterocycles. The summed E-state index contributed by atoms with van der Waals surface area (Å²) in [7, 11) is 0. The van der Waals surface area contributed by atoms with E-state index in [1.54, 1.807) is 0 Å². The fraction of sp³-hybridized carbons (Fsp3) is 0.545. The molecule has 2 N–H and O–H groups in total. The molecule has 0 radical (unpaired) electrons. The number of carbonyl (C=O) groups excluding carboxylic acids is 2. The van der Waals surface area contributed by atoms with E-state index in [1.165, 1.54) is 11.3 Å². The molecule has 29 heavy (non-hydrogen) atoms. The lowest BCUT2D eigenvalue weighted by molar-refractivity contribution is -0.130. The first-order valence-corrected chi connectivity index (χ1v) is 11.3. The van der Waals surface area contributed by atoms with Crippen molar-refractivity contribution in [1.29, 1.82) is 0 Å². The Bertz CT molecular complexity index is 778. The molecule has 1 aromatic carbocycles. The van der Waals surface area contributed by atoms with Crippen molar-refractivity contribution in [2.45, 2.75) is 65.8 Å². The summed E-state index contributed by atoms with van der Waals surface area (Å²) < 4.78 is 0. The molecule has 0 aliphatic carbocycles. The van der Waals surface area contributed by atoms with Gasteiger partial charge >= 0.3 is 0 Å². The van der Waals surface area contributed by atoms with Gasteiger partial charge in [0.15, 0.2) is 0 Å². The number of hydrogen-bond donors (Lipinski definition) is 2. The van der Waals surface area contributed by atoms with Gasteiger partial charge < -0.3 is 5.32 Å². The fourth-order valence-electron chi connectivity index (χ4n) is 3.10. The topological polar surface area (TPSA) is 84.0 Å². The molecule has 3 atom stereocenters. The van der Waals surface area contributed by atoms with Crippen molar-refractivity contribution in [2.75, 3.05) is 5.32 Å². The Morgan fingerprint density at radius 2 is 1.76 bits per heavy atom. The lowest BCUT2D eigenvalue weighted by atomic mass is 9.94. The van der Waals surface area contributed by atoms with Gasteiger partial charge in [-0.3, -0.25) is 14.9 Å². The van der Waals surface area contributed by atoms with Crippen molar-refractivity contribution in [2.24, 2.45) is 11.8 Å². The third kappa shape index (κ3) is 6.63. The molecule has 0 bridgehead atoms. The van der Waals surface area contributed by atoms with Crippen molar-refractivity contribution in [3.8, 4) is 10.6 Å². The van der Waals surface area contributed by atoms with Gasteiger partial charge in [-0.25, -0.2) is 0 Å². The van der Waals surface area contributed by atoms with Crippen molar-refractivity contribution in [1.82, 2.24) is 15.5 Å². The molecule has 0 spiro atoms. The zero-order valence-corrected chi connectivity index (χ0v) is 18.6. The zero-order valence-electron chi connectivity index (χ0n) is 17.8. The van der Waals surface area contributed by atoms with Crippen LogP contribution in [0.15, 0.2) is 30.3 Å². The molecular weight excluding hydrogens is 384 g/mol. The van der Waals surface area contributed by atoms with Crippen molar-refractivity contribution in [3.05, 3.63) is 30.3 Å². The number of carbonyl (C=O) groups is 2. The van der Waals surface area contributed by atoms with E-state index in [0.717, 1.165) is 42.7 Å².